The number of nitrogens with zero attached hydrogens (tertiary/aromatic N) is 3. The molecule has 5 nitrogen and oxygen atoms in total. The minimum absolute atomic E-state index is 0.110. The van der Waals surface area contributed by atoms with Gasteiger partial charge in [0, 0.05) is 36.4 Å². The molecule has 3 heterocycles. The van der Waals surface area contributed by atoms with Crippen LogP contribution in [-0.2, 0) is 4.74 Å². The average molecular weight is 321 g/mol. The van der Waals surface area contributed by atoms with Gasteiger partial charge in [0.25, 0.3) is 0 Å². The fourth-order valence-electron chi connectivity index (χ4n) is 3.28. The number of phenols is 1. The van der Waals surface area contributed by atoms with Gasteiger partial charge >= 0.3 is 0 Å². The van der Waals surface area contributed by atoms with E-state index in [0.717, 1.165) is 29.7 Å². The summed E-state index contributed by atoms with van der Waals surface area (Å²) in [6.45, 7) is 2.99. The van der Waals surface area contributed by atoms with Crippen molar-refractivity contribution in [3.8, 4) is 5.75 Å². The Morgan fingerprint density at radius 2 is 1.79 bits per heavy atom. The maximum Gasteiger partial charge on any atom is 0.146 e. The van der Waals surface area contributed by atoms with Gasteiger partial charge in [0.15, 0.2) is 0 Å². The van der Waals surface area contributed by atoms with E-state index in [-0.39, 0.29) is 11.8 Å². The van der Waals surface area contributed by atoms with Crippen molar-refractivity contribution in [3.63, 3.8) is 0 Å². The summed E-state index contributed by atoms with van der Waals surface area (Å²) in [4.78, 5) is 11.2. The molecular weight excluding hydrogens is 302 g/mol. The van der Waals surface area contributed by atoms with Crippen LogP contribution in [0.2, 0.25) is 0 Å². The molecule has 122 valence electrons. The normalized spacial score (nSPS) is 17.0. The molecule has 1 saturated heterocycles. The monoisotopic (exact) mass is 321 g/mol. The second-order valence-corrected chi connectivity index (χ2v) is 5.88. The molecule has 24 heavy (non-hydrogen) atoms. The zero-order valence-corrected chi connectivity index (χ0v) is 13.3. The Morgan fingerprint density at radius 1 is 0.958 bits per heavy atom. The number of aromatic nitrogens is 2. The van der Waals surface area contributed by atoms with E-state index in [0.29, 0.717) is 18.7 Å². The largest absolute Gasteiger partial charge is 0.505 e. The second kappa shape index (κ2) is 6.55. The Balaban J connectivity index is 1.85. The number of fused-ring (bicyclic) bond motifs is 1. The number of phenolic OH excluding ortho intramolecular Hbond substituents is 1. The molecule has 0 saturated carbocycles. The topological polar surface area (TPSA) is 58.5 Å². The smallest absolute Gasteiger partial charge is 0.146 e. The predicted octanol–water partition coefficient (Wildman–Crippen LogP) is 2.76. The molecule has 2 aromatic heterocycles. The summed E-state index contributed by atoms with van der Waals surface area (Å²) in [6.07, 6.45) is 3.50. The lowest BCUT2D eigenvalue weighted by Crippen LogP contribution is -2.39. The summed E-state index contributed by atoms with van der Waals surface area (Å²) in [7, 11) is 0. The molecule has 1 aliphatic rings. The zero-order chi connectivity index (χ0) is 16.4. The highest BCUT2D eigenvalue weighted by Crippen LogP contribution is 2.37. The average Bonchev–Trinajstić information content (AvgIpc) is 2.66. The molecule has 1 aromatic carbocycles. The number of rotatable bonds is 3. The SMILES string of the molecule is Oc1c([C@@H](c2ccccn2)N2CCOCC2)ccc2cccnc12. The molecule has 3 aromatic rings. The van der Waals surface area contributed by atoms with Gasteiger partial charge in [0.05, 0.1) is 24.9 Å². The molecule has 4 rings (SSSR count). The van der Waals surface area contributed by atoms with Crippen LogP contribution in [-0.4, -0.2) is 46.3 Å². The Bertz CT molecular complexity index is 832. The van der Waals surface area contributed by atoms with Crippen molar-refractivity contribution >= 4 is 10.9 Å². The van der Waals surface area contributed by atoms with Crippen LogP contribution in [0, 0.1) is 0 Å². The summed E-state index contributed by atoms with van der Waals surface area (Å²) >= 11 is 0. The predicted molar refractivity (Wildman–Crippen MR) is 91.9 cm³/mol. The van der Waals surface area contributed by atoms with Crippen LogP contribution in [0.4, 0.5) is 0 Å². The number of hydrogen-bond acceptors (Lipinski definition) is 5. The Morgan fingerprint density at radius 3 is 2.58 bits per heavy atom. The number of benzene rings is 1. The van der Waals surface area contributed by atoms with E-state index in [4.69, 9.17) is 4.74 Å². The molecule has 0 bridgehead atoms. The van der Waals surface area contributed by atoms with Gasteiger partial charge in [-0.3, -0.25) is 14.9 Å². The van der Waals surface area contributed by atoms with Crippen LogP contribution in [0.3, 0.4) is 0 Å². The third-order valence-electron chi connectivity index (χ3n) is 4.45. The minimum atomic E-state index is -0.110. The lowest BCUT2D eigenvalue weighted by molar-refractivity contribution is 0.0229. The van der Waals surface area contributed by atoms with Gasteiger partial charge in [0.1, 0.15) is 11.3 Å². The third kappa shape index (κ3) is 2.72. The summed E-state index contributed by atoms with van der Waals surface area (Å²) in [6, 6.07) is 13.6. The highest BCUT2D eigenvalue weighted by atomic mass is 16.5. The van der Waals surface area contributed by atoms with E-state index in [1.165, 1.54) is 0 Å². The summed E-state index contributed by atoms with van der Waals surface area (Å²) in [5, 5.41) is 11.8. The summed E-state index contributed by atoms with van der Waals surface area (Å²) in [5.74, 6) is 0.232. The minimum Gasteiger partial charge on any atom is -0.505 e. The first-order valence-electron chi connectivity index (χ1n) is 8.14. The van der Waals surface area contributed by atoms with Gasteiger partial charge in [-0.2, -0.15) is 0 Å². The van der Waals surface area contributed by atoms with E-state index >= 15 is 0 Å². The molecule has 0 aliphatic carbocycles. The van der Waals surface area contributed by atoms with Crippen molar-refractivity contribution in [2.24, 2.45) is 0 Å². The van der Waals surface area contributed by atoms with Crippen molar-refractivity contribution in [1.82, 2.24) is 14.9 Å². The van der Waals surface area contributed by atoms with Crippen molar-refractivity contribution < 1.29 is 9.84 Å². The molecule has 1 fully saturated rings. The van der Waals surface area contributed by atoms with Crippen LogP contribution >= 0.6 is 0 Å². The molecule has 0 spiro atoms. The molecule has 1 N–H and O–H groups in total. The highest BCUT2D eigenvalue weighted by Gasteiger charge is 2.28. The van der Waals surface area contributed by atoms with Gasteiger partial charge < -0.3 is 9.84 Å². The van der Waals surface area contributed by atoms with Crippen LogP contribution < -0.4 is 0 Å². The summed E-state index contributed by atoms with van der Waals surface area (Å²) in [5.41, 5.74) is 2.39. The standard InChI is InChI=1S/C19H19N3O2/c23-19-15(7-6-14-4-3-9-21-17(14)19)18(16-5-1-2-8-20-16)22-10-12-24-13-11-22/h1-9,18,23H,10-13H2/t18-/m0/s1. The Hall–Kier alpha value is -2.50. The van der Waals surface area contributed by atoms with Crippen molar-refractivity contribution in [1.29, 1.82) is 0 Å². The summed E-state index contributed by atoms with van der Waals surface area (Å²) < 4.78 is 5.49. The van der Waals surface area contributed by atoms with Gasteiger partial charge in [-0.1, -0.05) is 24.3 Å². The molecule has 1 atom stereocenters. The number of ether oxygens (including phenoxy) is 1. The quantitative estimate of drug-likeness (QED) is 0.804. The fourth-order valence-corrected chi connectivity index (χ4v) is 3.28. The third-order valence-corrected chi connectivity index (χ3v) is 4.45. The van der Waals surface area contributed by atoms with Gasteiger partial charge in [-0.15, -0.1) is 0 Å². The van der Waals surface area contributed by atoms with Crippen LogP contribution in [0.5, 0.6) is 5.75 Å². The van der Waals surface area contributed by atoms with E-state index in [1.54, 1.807) is 12.4 Å². The van der Waals surface area contributed by atoms with Crippen LogP contribution in [0.1, 0.15) is 17.3 Å². The van der Waals surface area contributed by atoms with Crippen molar-refractivity contribution in [2.45, 2.75) is 6.04 Å². The first kappa shape index (κ1) is 15.1. The Kier molecular flexibility index (Phi) is 4.11. The lowest BCUT2D eigenvalue weighted by atomic mass is 9.98. The zero-order valence-electron chi connectivity index (χ0n) is 13.3. The van der Waals surface area contributed by atoms with E-state index in [2.05, 4.69) is 14.9 Å². The molecular formula is C19H19N3O2. The van der Waals surface area contributed by atoms with Crippen molar-refractivity contribution in [3.05, 3.63) is 66.1 Å². The maximum absolute atomic E-state index is 10.9. The number of hydrogen-bond donors (Lipinski definition) is 1. The molecule has 0 amide bonds. The number of pyridine rings is 2. The first-order chi connectivity index (χ1) is 11.8. The highest BCUT2D eigenvalue weighted by molar-refractivity contribution is 5.85. The number of morpholine rings is 1. The van der Waals surface area contributed by atoms with E-state index < -0.39 is 0 Å². The Labute approximate surface area is 140 Å². The van der Waals surface area contributed by atoms with Crippen LogP contribution in [0.25, 0.3) is 10.9 Å². The second-order valence-electron chi connectivity index (χ2n) is 5.88. The maximum atomic E-state index is 10.9. The van der Waals surface area contributed by atoms with Gasteiger partial charge in [-0.25, -0.2) is 0 Å². The van der Waals surface area contributed by atoms with Crippen molar-refractivity contribution in [2.75, 3.05) is 26.3 Å². The molecule has 5 heteroatoms. The van der Waals surface area contributed by atoms with Gasteiger partial charge in [0.2, 0.25) is 0 Å². The molecule has 0 radical (unpaired) electrons. The van der Waals surface area contributed by atoms with E-state index in [1.807, 2.05) is 42.5 Å². The fraction of sp³-hybridized carbons (Fsp3) is 0.263. The first-order valence-corrected chi connectivity index (χ1v) is 8.14. The van der Waals surface area contributed by atoms with Crippen LogP contribution in [0.15, 0.2) is 54.9 Å². The lowest BCUT2D eigenvalue weighted by Gasteiger charge is -2.34. The molecule has 0 unspecified atom stereocenters. The van der Waals surface area contributed by atoms with E-state index in [9.17, 15) is 5.11 Å². The van der Waals surface area contributed by atoms with Gasteiger partial charge in [-0.05, 0) is 18.2 Å². The molecule has 1 aliphatic heterocycles. The number of aromatic hydroxyl groups is 1.